The van der Waals surface area contributed by atoms with E-state index in [9.17, 15) is 9.90 Å². The van der Waals surface area contributed by atoms with Crippen molar-refractivity contribution in [3.63, 3.8) is 0 Å². The molecule has 4 heteroatoms. The van der Waals surface area contributed by atoms with E-state index < -0.39 is 0 Å². The molecule has 0 aliphatic carbocycles. The molecule has 0 aromatic heterocycles. The molecular formula is C13H18O3S. The molecule has 94 valence electrons. The molecule has 0 saturated carbocycles. The Morgan fingerprint density at radius 3 is 2.59 bits per heavy atom. The lowest BCUT2D eigenvalue weighted by Gasteiger charge is -2.08. The van der Waals surface area contributed by atoms with Crippen LogP contribution in [0.15, 0.2) is 29.2 Å². The van der Waals surface area contributed by atoms with Crippen molar-refractivity contribution in [3.8, 4) is 0 Å². The van der Waals surface area contributed by atoms with Crippen molar-refractivity contribution in [3.05, 3.63) is 29.8 Å². The van der Waals surface area contributed by atoms with E-state index in [-0.39, 0.29) is 12.1 Å². The number of carbonyl (C=O) groups is 1. The summed E-state index contributed by atoms with van der Waals surface area (Å²) in [7, 11) is 1.40. The smallest absolute Gasteiger partial charge is 0.306 e. The Balaban J connectivity index is 2.43. The molecule has 0 bridgehead atoms. The molecule has 0 aliphatic rings. The first-order valence-corrected chi connectivity index (χ1v) is 6.63. The summed E-state index contributed by atoms with van der Waals surface area (Å²) in [6.07, 6.45) is 0.749. The lowest BCUT2D eigenvalue weighted by molar-refractivity contribution is -0.140. The number of hydrogen-bond donors (Lipinski definition) is 1. The fourth-order valence-electron chi connectivity index (χ4n) is 1.38. The molecule has 1 N–H and O–H groups in total. The predicted octanol–water partition coefficient (Wildman–Crippen LogP) is 2.79. The van der Waals surface area contributed by atoms with E-state index in [1.165, 1.54) is 7.11 Å². The van der Waals surface area contributed by atoms with Crippen LogP contribution >= 0.6 is 11.8 Å². The van der Waals surface area contributed by atoms with Crippen molar-refractivity contribution in [1.29, 1.82) is 0 Å². The van der Waals surface area contributed by atoms with Gasteiger partial charge in [-0.2, -0.15) is 0 Å². The predicted molar refractivity (Wildman–Crippen MR) is 69.0 cm³/mol. The summed E-state index contributed by atoms with van der Waals surface area (Å²) < 4.78 is 4.57. The summed E-state index contributed by atoms with van der Waals surface area (Å²) in [5, 5.41) is 9.63. The Bertz CT molecular complexity index is 348. The first-order valence-electron chi connectivity index (χ1n) is 5.65. The summed E-state index contributed by atoms with van der Waals surface area (Å²) in [4.78, 5) is 12.0. The number of esters is 1. The van der Waals surface area contributed by atoms with Gasteiger partial charge in [-0.1, -0.05) is 19.1 Å². The van der Waals surface area contributed by atoms with Crippen LogP contribution in [0.25, 0.3) is 0 Å². The Labute approximate surface area is 106 Å². The van der Waals surface area contributed by atoms with Crippen LogP contribution in [0.4, 0.5) is 0 Å². The van der Waals surface area contributed by atoms with E-state index in [2.05, 4.69) is 4.74 Å². The molecule has 0 aliphatic heterocycles. The van der Waals surface area contributed by atoms with Gasteiger partial charge in [0.2, 0.25) is 0 Å². The lowest BCUT2D eigenvalue weighted by Crippen LogP contribution is -2.00. The van der Waals surface area contributed by atoms with Gasteiger partial charge in [0.25, 0.3) is 0 Å². The summed E-state index contributed by atoms with van der Waals surface area (Å²) in [5.74, 6) is 0.526. The molecule has 0 saturated heterocycles. The van der Waals surface area contributed by atoms with Crippen LogP contribution in [0.5, 0.6) is 0 Å². The van der Waals surface area contributed by atoms with Crippen molar-refractivity contribution < 1.29 is 14.6 Å². The fourth-order valence-corrected chi connectivity index (χ4v) is 2.21. The quantitative estimate of drug-likeness (QED) is 0.626. The van der Waals surface area contributed by atoms with Crippen LogP contribution in [-0.4, -0.2) is 23.9 Å². The zero-order valence-corrected chi connectivity index (χ0v) is 11.0. The van der Waals surface area contributed by atoms with Crippen LogP contribution in [-0.2, 0) is 9.53 Å². The van der Waals surface area contributed by atoms with Crippen LogP contribution in [0, 0.1) is 0 Å². The third kappa shape index (κ3) is 4.79. The summed E-state index contributed by atoms with van der Waals surface area (Å²) in [6, 6.07) is 7.79. The van der Waals surface area contributed by atoms with Gasteiger partial charge in [-0.3, -0.25) is 4.79 Å². The van der Waals surface area contributed by atoms with Gasteiger partial charge in [-0.05, 0) is 24.1 Å². The highest BCUT2D eigenvalue weighted by molar-refractivity contribution is 7.99. The van der Waals surface area contributed by atoms with Gasteiger partial charge in [-0.15, -0.1) is 11.8 Å². The second-order valence-electron chi connectivity index (χ2n) is 3.67. The van der Waals surface area contributed by atoms with Crippen LogP contribution in [0.3, 0.4) is 0 Å². The molecule has 1 rings (SSSR count). The number of ether oxygens (including phenoxy) is 1. The van der Waals surface area contributed by atoms with Gasteiger partial charge in [0.1, 0.15) is 0 Å². The van der Waals surface area contributed by atoms with Gasteiger partial charge in [0.15, 0.2) is 0 Å². The molecule has 17 heavy (non-hydrogen) atoms. The summed E-state index contributed by atoms with van der Waals surface area (Å²) >= 11 is 1.61. The maximum absolute atomic E-state index is 10.9. The molecule has 0 spiro atoms. The minimum Gasteiger partial charge on any atom is -0.469 e. The molecule has 1 atom stereocenters. The van der Waals surface area contributed by atoms with Crippen LogP contribution in [0.1, 0.15) is 31.4 Å². The van der Waals surface area contributed by atoms with Gasteiger partial charge in [0.05, 0.1) is 19.6 Å². The largest absolute Gasteiger partial charge is 0.469 e. The maximum atomic E-state index is 10.9. The van der Waals surface area contributed by atoms with E-state index in [0.717, 1.165) is 16.9 Å². The SMILES string of the molecule is CC[C@@H](O)c1ccc(SCCC(=O)OC)cc1. The van der Waals surface area contributed by atoms with Crippen molar-refractivity contribution >= 4 is 17.7 Å². The molecule has 0 unspecified atom stereocenters. The summed E-state index contributed by atoms with van der Waals surface area (Å²) in [5.41, 5.74) is 0.935. The number of methoxy groups -OCH3 is 1. The van der Waals surface area contributed by atoms with E-state index >= 15 is 0 Å². The number of aliphatic hydroxyl groups is 1. The van der Waals surface area contributed by atoms with Crippen LogP contribution in [0.2, 0.25) is 0 Å². The number of carbonyl (C=O) groups excluding carboxylic acids is 1. The van der Waals surface area contributed by atoms with Crippen molar-refractivity contribution in [2.24, 2.45) is 0 Å². The number of hydrogen-bond acceptors (Lipinski definition) is 4. The zero-order valence-electron chi connectivity index (χ0n) is 10.2. The third-order valence-electron chi connectivity index (χ3n) is 2.45. The topological polar surface area (TPSA) is 46.5 Å². The molecule has 0 fully saturated rings. The molecule has 3 nitrogen and oxygen atoms in total. The van der Waals surface area contributed by atoms with Gasteiger partial charge >= 0.3 is 5.97 Å². The minimum atomic E-state index is -0.385. The molecule has 0 amide bonds. The van der Waals surface area contributed by atoms with Gasteiger partial charge in [-0.25, -0.2) is 0 Å². The first kappa shape index (κ1) is 14.1. The van der Waals surface area contributed by atoms with E-state index in [4.69, 9.17) is 0 Å². The maximum Gasteiger partial charge on any atom is 0.306 e. The second-order valence-corrected chi connectivity index (χ2v) is 4.84. The Morgan fingerprint density at radius 1 is 1.41 bits per heavy atom. The molecule has 1 aromatic rings. The van der Waals surface area contributed by atoms with Gasteiger partial charge < -0.3 is 9.84 Å². The zero-order chi connectivity index (χ0) is 12.7. The Hall–Kier alpha value is -1.00. The first-order chi connectivity index (χ1) is 8.17. The number of rotatable bonds is 6. The second kappa shape index (κ2) is 7.35. The Morgan fingerprint density at radius 2 is 2.06 bits per heavy atom. The fraction of sp³-hybridized carbons (Fsp3) is 0.462. The standard InChI is InChI=1S/C13H18O3S/c1-3-12(14)10-4-6-11(7-5-10)17-9-8-13(15)16-2/h4-7,12,14H,3,8-9H2,1-2H3/t12-/m1/s1. The lowest BCUT2D eigenvalue weighted by atomic mass is 10.1. The molecule has 1 aromatic carbocycles. The highest BCUT2D eigenvalue weighted by atomic mass is 32.2. The number of benzene rings is 1. The number of aliphatic hydroxyl groups excluding tert-OH is 1. The third-order valence-corrected chi connectivity index (χ3v) is 3.47. The summed E-state index contributed by atoms with van der Waals surface area (Å²) in [6.45, 7) is 1.95. The van der Waals surface area contributed by atoms with Crippen LogP contribution < -0.4 is 0 Å². The normalized spacial score (nSPS) is 12.2. The van der Waals surface area contributed by atoms with Crippen molar-refractivity contribution in [1.82, 2.24) is 0 Å². The molecular weight excluding hydrogens is 236 g/mol. The average Bonchev–Trinajstić information content (AvgIpc) is 2.38. The molecule has 0 radical (unpaired) electrons. The van der Waals surface area contributed by atoms with E-state index in [1.54, 1.807) is 11.8 Å². The van der Waals surface area contributed by atoms with Crippen molar-refractivity contribution in [2.75, 3.05) is 12.9 Å². The van der Waals surface area contributed by atoms with Gasteiger partial charge in [0, 0.05) is 10.6 Å². The number of thioether (sulfide) groups is 1. The Kier molecular flexibility index (Phi) is 6.08. The highest BCUT2D eigenvalue weighted by Gasteiger charge is 2.05. The highest BCUT2D eigenvalue weighted by Crippen LogP contribution is 2.22. The average molecular weight is 254 g/mol. The monoisotopic (exact) mass is 254 g/mol. The van der Waals surface area contributed by atoms with E-state index in [0.29, 0.717) is 12.2 Å². The minimum absolute atomic E-state index is 0.185. The molecule has 0 heterocycles. The van der Waals surface area contributed by atoms with E-state index in [1.807, 2.05) is 31.2 Å². The van der Waals surface area contributed by atoms with Crippen molar-refractivity contribution in [2.45, 2.75) is 30.8 Å².